The fourth-order valence-corrected chi connectivity index (χ4v) is 3.02. The van der Waals surface area contributed by atoms with Gasteiger partial charge in [-0.25, -0.2) is 13.8 Å². The summed E-state index contributed by atoms with van der Waals surface area (Å²) >= 11 is 0. The van der Waals surface area contributed by atoms with E-state index >= 15 is 0 Å². The lowest BCUT2D eigenvalue weighted by atomic mass is 9.87. The summed E-state index contributed by atoms with van der Waals surface area (Å²) in [5.74, 6) is -0.342. The standard InChI is InChI=1S/C21H20FN5O/c1-21(2,3)15-6-4-14(5-7-15)13-26-20(28)18-12-23-27(19(18)24-25-26)17-10-8-16(22)9-11-17/h4-12H,13H2,1-3H3. The molecule has 0 saturated carbocycles. The van der Waals surface area contributed by atoms with E-state index in [-0.39, 0.29) is 16.8 Å². The second-order valence-electron chi connectivity index (χ2n) is 7.77. The van der Waals surface area contributed by atoms with Gasteiger partial charge < -0.3 is 0 Å². The molecule has 0 amide bonds. The normalized spacial score (nSPS) is 11.9. The molecule has 0 N–H and O–H groups in total. The second kappa shape index (κ2) is 6.67. The third-order valence-electron chi connectivity index (χ3n) is 4.68. The Morgan fingerprint density at radius 1 is 1.00 bits per heavy atom. The molecule has 0 fully saturated rings. The summed E-state index contributed by atoms with van der Waals surface area (Å²) in [4.78, 5) is 12.8. The molecule has 4 aromatic rings. The van der Waals surface area contributed by atoms with Crippen molar-refractivity contribution in [2.75, 3.05) is 0 Å². The summed E-state index contributed by atoms with van der Waals surface area (Å²) in [5.41, 5.74) is 2.96. The quantitative estimate of drug-likeness (QED) is 0.548. The Morgan fingerprint density at radius 3 is 2.32 bits per heavy atom. The summed E-state index contributed by atoms with van der Waals surface area (Å²) in [6.45, 7) is 6.80. The van der Waals surface area contributed by atoms with Crippen LogP contribution in [0.1, 0.15) is 31.9 Å². The third kappa shape index (κ3) is 3.31. The fraction of sp³-hybridized carbons (Fsp3) is 0.238. The maximum absolute atomic E-state index is 13.1. The fourth-order valence-electron chi connectivity index (χ4n) is 3.02. The molecule has 0 unspecified atom stereocenters. The van der Waals surface area contributed by atoms with Gasteiger partial charge in [0.2, 0.25) is 0 Å². The molecular weight excluding hydrogens is 357 g/mol. The molecule has 0 bridgehead atoms. The van der Waals surface area contributed by atoms with Crippen LogP contribution in [0.25, 0.3) is 16.7 Å². The zero-order chi connectivity index (χ0) is 19.9. The molecule has 6 nitrogen and oxygen atoms in total. The van der Waals surface area contributed by atoms with E-state index in [0.29, 0.717) is 23.3 Å². The van der Waals surface area contributed by atoms with Gasteiger partial charge in [0.25, 0.3) is 5.56 Å². The molecule has 142 valence electrons. The molecule has 0 spiro atoms. The number of fused-ring (bicyclic) bond motifs is 1. The van der Waals surface area contributed by atoms with Gasteiger partial charge in [0, 0.05) is 0 Å². The van der Waals surface area contributed by atoms with Crippen LogP contribution in [-0.2, 0) is 12.0 Å². The Hall–Kier alpha value is -3.35. The molecule has 0 aliphatic rings. The molecule has 0 aliphatic carbocycles. The lowest BCUT2D eigenvalue weighted by molar-refractivity contribution is 0.585. The van der Waals surface area contributed by atoms with Crippen LogP contribution in [0.2, 0.25) is 0 Å². The first-order valence-electron chi connectivity index (χ1n) is 9.00. The van der Waals surface area contributed by atoms with Crippen LogP contribution < -0.4 is 5.56 Å². The van der Waals surface area contributed by atoms with Crippen molar-refractivity contribution in [1.82, 2.24) is 24.8 Å². The Morgan fingerprint density at radius 2 is 1.68 bits per heavy atom. The number of rotatable bonds is 3. The van der Waals surface area contributed by atoms with Gasteiger partial charge in [-0.2, -0.15) is 5.10 Å². The Balaban J connectivity index is 1.67. The van der Waals surface area contributed by atoms with E-state index < -0.39 is 0 Å². The average molecular weight is 377 g/mol. The topological polar surface area (TPSA) is 65.6 Å². The van der Waals surface area contributed by atoms with Crippen LogP contribution in [0, 0.1) is 5.82 Å². The van der Waals surface area contributed by atoms with Crippen LogP contribution in [0.4, 0.5) is 4.39 Å². The van der Waals surface area contributed by atoms with Gasteiger partial charge in [0.05, 0.1) is 18.4 Å². The van der Waals surface area contributed by atoms with Crippen molar-refractivity contribution in [2.24, 2.45) is 0 Å². The first-order valence-corrected chi connectivity index (χ1v) is 9.00. The summed E-state index contributed by atoms with van der Waals surface area (Å²) < 4.78 is 15.9. The maximum Gasteiger partial charge on any atom is 0.281 e. The largest absolute Gasteiger partial charge is 0.281 e. The molecule has 7 heteroatoms. The zero-order valence-electron chi connectivity index (χ0n) is 15.9. The Kier molecular flexibility index (Phi) is 4.30. The number of hydrogen-bond acceptors (Lipinski definition) is 4. The van der Waals surface area contributed by atoms with Crippen LogP contribution in [0.15, 0.2) is 59.5 Å². The maximum atomic E-state index is 13.1. The van der Waals surface area contributed by atoms with E-state index in [1.165, 1.54) is 33.3 Å². The molecule has 2 aromatic heterocycles. The molecule has 0 radical (unpaired) electrons. The Labute approximate surface area is 161 Å². The highest BCUT2D eigenvalue weighted by Gasteiger charge is 2.15. The van der Waals surface area contributed by atoms with E-state index in [1.54, 1.807) is 12.1 Å². The zero-order valence-corrected chi connectivity index (χ0v) is 15.9. The van der Waals surface area contributed by atoms with Gasteiger partial charge in [-0.05, 0) is 40.8 Å². The van der Waals surface area contributed by atoms with Gasteiger partial charge in [0.15, 0.2) is 5.65 Å². The van der Waals surface area contributed by atoms with Crippen molar-refractivity contribution in [1.29, 1.82) is 0 Å². The van der Waals surface area contributed by atoms with Crippen molar-refractivity contribution >= 4 is 11.0 Å². The molecule has 4 rings (SSSR count). The minimum atomic E-state index is -0.342. The molecule has 0 aliphatic heterocycles. The van der Waals surface area contributed by atoms with Gasteiger partial charge in [-0.1, -0.05) is 50.3 Å². The van der Waals surface area contributed by atoms with Crippen LogP contribution >= 0.6 is 0 Å². The lowest BCUT2D eigenvalue weighted by Gasteiger charge is -2.19. The highest BCUT2D eigenvalue weighted by Crippen LogP contribution is 2.22. The number of aromatic nitrogens is 5. The van der Waals surface area contributed by atoms with Crippen LogP contribution in [0.3, 0.4) is 0 Å². The third-order valence-corrected chi connectivity index (χ3v) is 4.68. The first-order chi connectivity index (χ1) is 13.3. The van der Waals surface area contributed by atoms with Crippen molar-refractivity contribution in [2.45, 2.75) is 32.7 Å². The number of hydrogen-bond donors (Lipinski definition) is 0. The SMILES string of the molecule is CC(C)(C)c1ccc(Cn2nnc3c(cnn3-c3ccc(F)cc3)c2=O)cc1. The monoisotopic (exact) mass is 377 g/mol. The van der Waals surface area contributed by atoms with Crippen LogP contribution in [0.5, 0.6) is 0 Å². The van der Waals surface area contributed by atoms with Crippen molar-refractivity contribution < 1.29 is 4.39 Å². The van der Waals surface area contributed by atoms with Gasteiger partial charge >= 0.3 is 0 Å². The highest BCUT2D eigenvalue weighted by molar-refractivity contribution is 5.74. The minimum absolute atomic E-state index is 0.0724. The smallest absolute Gasteiger partial charge is 0.267 e. The summed E-state index contributed by atoms with van der Waals surface area (Å²) in [6.07, 6.45) is 1.47. The predicted molar refractivity (Wildman–Crippen MR) is 105 cm³/mol. The van der Waals surface area contributed by atoms with E-state index in [1.807, 2.05) is 12.1 Å². The lowest BCUT2D eigenvalue weighted by Crippen LogP contribution is -2.24. The molecule has 0 atom stereocenters. The van der Waals surface area contributed by atoms with E-state index in [4.69, 9.17) is 0 Å². The number of nitrogens with zero attached hydrogens (tertiary/aromatic N) is 5. The molecule has 2 heterocycles. The highest BCUT2D eigenvalue weighted by atomic mass is 19.1. The van der Waals surface area contributed by atoms with Gasteiger partial charge in [0.1, 0.15) is 11.2 Å². The number of benzene rings is 2. The molecule has 2 aromatic carbocycles. The van der Waals surface area contributed by atoms with E-state index in [2.05, 4.69) is 48.3 Å². The Bertz CT molecular complexity index is 1180. The molecule has 28 heavy (non-hydrogen) atoms. The second-order valence-corrected chi connectivity index (χ2v) is 7.77. The summed E-state index contributed by atoms with van der Waals surface area (Å²) in [5, 5.41) is 12.8. The predicted octanol–water partition coefficient (Wildman–Crippen LogP) is 3.46. The van der Waals surface area contributed by atoms with Crippen molar-refractivity contribution in [3.05, 3.63) is 82.0 Å². The van der Waals surface area contributed by atoms with Gasteiger partial charge in [-0.3, -0.25) is 4.79 Å². The van der Waals surface area contributed by atoms with Crippen molar-refractivity contribution in [3.8, 4) is 5.69 Å². The van der Waals surface area contributed by atoms with E-state index in [0.717, 1.165) is 5.56 Å². The molecular formula is C21H20FN5O. The first kappa shape index (κ1) is 18.0. The van der Waals surface area contributed by atoms with E-state index in [9.17, 15) is 9.18 Å². The van der Waals surface area contributed by atoms with Gasteiger partial charge in [-0.15, -0.1) is 5.10 Å². The minimum Gasteiger partial charge on any atom is -0.267 e. The van der Waals surface area contributed by atoms with Crippen molar-refractivity contribution in [3.63, 3.8) is 0 Å². The summed E-state index contributed by atoms with van der Waals surface area (Å²) in [6, 6.07) is 14.0. The average Bonchev–Trinajstić information content (AvgIpc) is 3.09. The number of halogens is 1. The van der Waals surface area contributed by atoms with Crippen LogP contribution in [-0.4, -0.2) is 24.8 Å². The summed E-state index contributed by atoms with van der Waals surface area (Å²) in [7, 11) is 0. The molecule has 0 saturated heterocycles.